The maximum Gasteiger partial charge on any atom is 0.293 e. The summed E-state index contributed by atoms with van der Waals surface area (Å²) in [6, 6.07) is 10.2. The number of anilines is 2. The van der Waals surface area contributed by atoms with Crippen molar-refractivity contribution in [3.05, 3.63) is 63.2 Å². The largest absolute Gasteiger partial charge is 0.372 e. The second-order valence-electron chi connectivity index (χ2n) is 6.74. The van der Waals surface area contributed by atoms with Gasteiger partial charge >= 0.3 is 0 Å². The number of nitro benzene ring substituents is 1. The molecule has 0 spiro atoms. The molecule has 0 aromatic heterocycles. The molecule has 152 valence electrons. The van der Waals surface area contributed by atoms with Gasteiger partial charge < -0.3 is 10.2 Å². The van der Waals surface area contributed by atoms with Crippen molar-refractivity contribution >= 4 is 35.1 Å². The Bertz CT molecular complexity index is 969. The molecule has 0 aliphatic carbocycles. The molecule has 0 atom stereocenters. The molecule has 2 amide bonds. The molecule has 0 unspecified atom stereocenters. The molecule has 9 nitrogen and oxygen atoms in total. The molecule has 2 N–H and O–H groups in total. The van der Waals surface area contributed by atoms with Crippen molar-refractivity contribution in [1.82, 2.24) is 5.43 Å². The average molecular weight is 397 g/mol. The number of carbonyl (C=O) groups excluding carboxylic acids is 2. The summed E-state index contributed by atoms with van der Waals surface area (Å²) in [5, 5.41) is 17.6. The number of nitrogens with one attached hydrogen (secondary N) is 2. The number of carbonyl (C=O) groups is 2. The molecule has 0 bridgehead atoms. The van der Waals surface area contributed by atoms with E-state index in [1.165, 1.54) is 12.3 Å². The van der Waals surface area contributed by atoms with Crippen molar-refractivity contribution in [3.8, 4) is 0 Å². The van der Waals surface area contributed by atoms with E-state index < -0.39 is 23.2 Å². The van der Waals surface area contributed by atoms with Crippen LogP contribution in [0, 0.1) is 24.0 Å². The van der Waals surface area contributed by atoms with E-state index in [-0.39, 0.29) is 5.69 Å². The van der Waals surface area contributed by atoms with Gasteiger partial charge in [-0.25, -0.2) is 5.43 Å². The number of hydrogen-bond donors (Lipinski definition) is 2. The predicted octanol–water partition coefficient (Wildman–Crippen LogP) is 2.76. The lowest BCUT2D eigenvalue weighted by atomic mass is 10.1. The Labute approximate surface area is 168 Å². The number of hydrazone groups is 1. The van der Waals surface area contributed by atoms with E-state index in [1.54, 1.807) is 37.2 Å². The zero-order valence-corrected chi connectivity index (χ0v) is 16.7. The first-order valence-corrected chi connectivity index (χ1v) is 8.82. The lowest BCUT2D eigenvalue weighted by molar-refractivity contribution is -0.384. The van der Waals surface area contributed by atoms with Gasteiger partial charge in [0.15, 0.2) is 0 Å². The van der Waals surface area contributed by atoms with Crippen LogP contribution < -0.4 is 15.6 Å². The van der Waals surface area contributed by atoms with Gasteiger partial charge in [-0.15, -0.1) is 0 Å². The van der Waals surface area contributed by atoms with Crippen LogP contribution >= 0.6 is 0 Å². The van der Waals surface area contributed by atoms with Gasteiger partial charge in [0.05, 0.1) is 11.1 Å². The number of benzene rings is 2. The summed E-state index contributed by atoms with van der Waals surface area (Å²) >= 11 is 0. The summed E-state index contributed by atoms with van der Waals surface area (Å²) in [7, 11) is 3.42. The highest BCUT2D eigenvalue weighted by molar-refractivity contribution is 6.04. The summed E-state index contributed by atoms with van der Waals surface area (Å²) in [6.07, 6.45) is 0.886. The van der Waals surface area contributed by atoms with Gasteiger partial charge in [-0.1, -0.05) is 23.8 Å². The molecule has 2 rings (SSSR count). The van der Waals surface area contributed by atoms with Crippen molar-refractivity contribution in [2.75, 3.05) is 24.3 Å². The zero-order chi connectivity index (χ0) is 21.6. The lowest BCUT2D eigenvalue weighted by Crippen LogP contribution is -2.24. The van der Waals surface area contributed by atoms with E-state index in [0.717, 1.165) is 11.1 Å². The van der Waals surface area contributed by atoms with E-state index >= 15 is 0 Å². The molecular formula is C20H23N5O4. The number of amides is 2. The Hall–Kier alpha value is -3.75. The first-order chi connectivity index (χ1) is 13.7. The smallest absolute Gasteiger partial charge is 0.293 e. The van der Waals surface area contributed by atoms with Gasteiger partial charge in [0, 0.05) is 31.4 Å². The molecule has 0 heterocycles. The van der Waals surface area contributed by atoms with E-state index in [2.05, 4.69) is 15.8 Å². The second kappa shape index (κ2) is 9.45. The predicted molar refractivity (Wildman–Crippen MR) is 112 cm³/mol. The van der Waals surface area contributed by atoms with Crippen molar-refractivity contribution in [2.45, 2.75) is 20.3 Å². The summed E-state index contributed by atoms with van der Waals surface area (Å²) < 4.78 is 0. The molecule has 0 aliphatic heterocycles. The van der Waals surface area contributed by atoms with Gasteiger partial charge in [0.2, 0.25) is 11.8 Å². The number of nitrogens with zero attached hydrogens (tertiary/aromatic N) is 3. The van der Waals surface area contributed by atoms with Gasteiger partial charge in [0.25, 0.3) is 5.69 Å². The standard InChI is InChI=1S/C20H23N5O4/c1-13-5-7-16(14(2)9-13)22-19(26)11-20(27)23-21-12-15-6-8-17(24(3)4)18(10-15)25(28)29/h5-10,12H,11H2,1-4H3,(H,22,26)(H,23,27). The maximum atomic E-state index is 12.0. The number of hydrogen-bond acceptors (Lipinski definition) is 6. The van der Waals surface area contributed by atoms with Crippen LogP contribution in [0.1, 0.15) is 23.1 Å². The van der Waals surface area contributed by atoms with Crippen molar-refractivity contribution in [1.29, 1.82) is 0 Å². The van der Waals surface area contributed by atoms with Gasteiger partial charge in [-0.3, -0.25) is 19.7 Å². The van der Waals surface area contributed by atoms with Crippen LogP contribution in [0.3, 0.4) is 0 Å². The minimum atomic E-state index is -0.595. The van der Waals surface area contributed by atoms with Gasteiger partial charge in [-0.2, -0.15) is 5.10 Å². The molecule has 0 radical (unpaired) electrons. The molecule has 2 aromatic rings. The monoisotopic (exact) mass is 397 g/mol. The Morgan fingerprint density at radius 2 is 1.86 bits per heavy atom. The third-order valence-electron chi connectivity index (χ3n) is 4.06. The topological polar surface area (TPSA) is 117 Å². The molecule has 0 saturated heterocycles. The second-order valence-corrected chi connectivity index (χ2v) is 6.74. The molecule has 2 aromatic carbocycles. The molecule has 9 heteroatoms. The minimum Gasteiger partial charge on any atom is -0.372 e. The Morgan fingerprint density at radius 3 is 2.48 bits per heavy atom. The number of nitro groups is 1. The number of rotatable bonds is 7. The van der Waals surface area contributed by atoms with Crippen LogP contribution in [-0.4, -0.2) is 37.0 Å². The maximum absolute atomic E-state index is 12.0. The fourth-order valence-corrected chi connectivity index (χ4v) is 2.66. The van der Waals surface area contributed by atoms with Crippen LogP contribution in [0.2, 0.25) is 0 Å². The minimum absolute atomic E-state index is 0.0712. The average Bonchev–Trinajstić information content (AvgIpc) is 2.63. The normalized spacial score (nSPS) is 10.6. The third-order valence-corrected chi connectivity index (χ3v) is 4.06. The molecular weight excluding hydrogens is 374 g/mol. The van der Waals surface area contributed by atoms with Crippen molar-refractivity contribution in [2.24, 2.45) is 5.10 Å². The fraction of sp³-hybridized carbons (Fsp3) is 0.250. The lowest BCUT2D eigenvalue weighted by Gasteiger charge is -2.12. The molecule has 29 heavy (non-hydrogen) atoms. The fourth-order valence-electron chi connectivity index (χ4n) is 2.66. The highest BCUT2D eigenvalue weighted by Gasteiger charge is 2.15. The van der Waals surface area contributed by atoms with Crippen molar-refractivity contribution < 1.29 is 14.5 Å². The van der Waals surface area contributed by atoms with Crippen LogP contribution in [0.5, 0.6) is 0 Å². The quantitative estimate of drug-likeness (QED) is 0.322. The third kappa shape index (κ3) is 6.13. The molecule has 0 aliphatic rings. The van der Waals surface area contributed by atoms with Gasteiger partial charge in [0.1, 0.15) is 12.1 Å². The molecule has 0 fully saturated rings. The Morgan fingerprint density at radius 1 is 1.14 bits per heavy atom. The number of aryl methyl sites for hydroxylation is 2. The molecule has 0 saturated carbocycles. The van der Waals surface area contributed by atoms with Crippen LogP contribution in [-0.2, 0) is 9.59 Å². The van der Waals surface area contributed by atoms with Crippen LogP contribution in [0.25, 0.3) is 0 Å². The van der Waals surface area contributed by atoms with E-state index in [0.29, 0.717) is 16.9 Å². The SMILES string of the molecule is Cc1ccc(NC(=O)CC(=O)NN=Cc2ccc(N(C)C)c([N+](=O)[O-])c2)c(C)c1. The summed E-state index contributed by atoms with van der Waals surface area (Å²) in [6.45, 7) is 3.82. The zero-order valence-electron chi connectivity index (χ0n) is 16.7. The summed E-state index contributed by atoms with van der Waals surface area (Å²) in [5.41, 5.74) is 5.70. The van der Waals surface area contributed by atoms with Gasteiger partial charge in [-0.05, 0) is 31.5 Å². The summed E-state index contributed by atoms with van der Waals surface area (Å²) in [5.74, 6) is -1.06. The summed E-state index contributed by atoms with van der Waals surface area (Å²) in [4.78, 5) is 36.2. The first-order valence-electron chi connectivity index (χ1n) is 8.82. The Kier molecular flexibility index (Phi) is 7.02. The van der Waals surface area contributed by atoms with Crippen LogP contribution in [0.15, 0.2) is 41.5 Å². The Balaban J connectivity index is 1.94. The van der Waals surface area contributed by atoms with Crippen molar-refractivity contribution in [3.63, 3.8) is 0 Å². The highest BCUT2D eigenvalue weighted by atomic mass is 16.6. The first kappa shape index (κ1) is 21.5. The highest BCUT2D eigenvalue weighted by Crippen LogP contribution is 2.27. The van der Waals surface area contributed by atoms with E-state index in [1.807, 2.05) is 26.0 Å². The van der Waals surface area contributed by atoms with E-state index in [9.17, 15) is 19.7 Å². The van der Waals surface area contributed by atoms with E-state index in [4.69, 9.17) is 0 Å². The van der Waals surface area contributed by atoms with Crippen LogP contribution in [0.4, 0.5) is 17.1 Å².